The van der Waals surface area contributed by atoms with E-state index in [2.05, 4.69) is 17.9 Å². The average Bonchev–Trinajstić information content (AvgIpc) is 2.33. The maximum atomic E-state index is 11.7. The largest absolute Gasteiger partial charge is 0.480 e. The van der Waals surface area contributed by atoms with E-state index < -0.39 is 11.9 Å². The lowest BCUT2D eigenvalue weighted by atomic mass is 10.1. The molecule has 17 heavy (non-hydrogen) atoms. The number of nitrogens with one attached hydrogen (secondary N) is 1. The summed E-state index contributed by atoms with van der Waals surface area (Å²) in [6, 6.07) is 6.98. The molecule has 2 N–H and O–H groups in total. The van der Waals surface area contributed by atoms with Crippen LogP contribution >= 0.6 is 12.6 Å². The lowest BCUT2D eigenvalue weighted by Crippen LogP contribution is -2.29. The number of rotatable bonds is 5. The highest BCUT2D eigenvalue weighted by Crippen LogP contribution is 2.10. The number of carbonyl (C=O) groups excluding carboxylic acids is 1. The minimum atomic E-state index is -1.07. The normalized spacial score (nSPS) is 10.4. The zero-order chi connectivity index (χ0) is 12.7. The maximum Gasteiger partial charge on any atom is 0.322 e. The van der Waals surface area contributed by atoms with E-state index in [1.54, 1.807) is 24.3 Å². The van der Waals surface area contributed by atoms with Crippen molar-refractivity contribution in [3.63, 3.8) is 0 Å². The molecule has 0 aliphatic rings. The summed E-state index contributed by atoms with van der Waals surface area (Å²) in [7, 11) is 0. The second-order valence-corrected chi connectivity index (χ2v) is 3.61. The Morgan fingerprint density at radius 1 is 1.35 bits per heavy atom. The number of carbonyl (C=O) groups is 2. The fourth-order valence-electron chi connectivity index (χ4n) is 1.28. The topological polar surface area (TPSA) is 66.4 Å². The van der Waals surface area contributed by atoms with Gasteiger partial charge < -0.3 is 10.4 Å². The van der Waals surface area contributed by atoms with Crippen LogP contribution in [-0.4, -0.2) is 29.3 Å². The van der Waals surface area contributed by atoms with Gasteiger partial charge in [-0.3, -0.25) is 9.59 Å². The van der Waals surface area contributed by atoms with Crippen molar-refractivity contribution in [3.8, 4) is 0 Å². The van der Waals surface area contributed by atoms with Crippen molar-refractivity contribution in [1.29, 1.82) is 0 Å². The smallest absolute Gasteiger partial charge is 0.322 e. The Kier molecular flexibility index (Phi) is 5.29. The highest BCUT2D eigenvalue weighted by molar-refractivity contribution is 7.80. The molecule has 0 radical (unpaired) electrons. The summed E-state index contributed by atoms with van der Waals surface area (Å²) in [5.74, 6) is -0.890. The van der Waals surface area contributed by atoms with Crippen LogP contribution in [0.3, 0.4) is 0 Å². The summed E-state index contributed by atoms with van der Waals surface area (Å²) in [5, 5.41) is 10.8. The van der Waals surface area contributed by atoms with E-state index in [1.807, 2.05) is 12.1 Å². The Labute approximate surface area is 105 Å². The summed E-state index contributed by atoms with van der Waals surface area (Å²) in [5.41, 5.74) is 1.19. The molecule has 4 nitrogen and oxygen atoms in total. The van der Waals surface area contributed by atoms with Crippen molar-refractivity contribution in [1.82, 2.24) is 5.32 Å². The Bertz CT molecular complexity index is 443. The van der Waals surface area contributed by atoms with Crippen LogP contribution in [0.25, 0.3) is 6.08 Å². The molecule has 0 aromatic heterocycles. The molecule has 1 aromatic carbocycles. The highest BCUT2D eigenvalue weighted by atomic mass is 32.1. The summed E-state index contributed by atoms with van der Waals surface area (Å²) >= 11 is 4.04. The number of benzene rings is 1. The van der Waals surface area contributed by atoms with Gasteiger partial charge in [0.05, 0.1) is 0 Å². The fourth-order valence-corrected chi connectivity index (χ4v) is 1.39. The highest BCUT2D eigenvalue weighted by Gasteiger charge is 2.09. The average molecular weight is 251 g/mol. The van der Waals surface area contributed by atoms with Gasteiger partial charge in [-0.2, -0.15) is 12.6 Å². The Morgan fingerprint density at radius 3 is 2.71 bits per heavy atom. The number of thiol groups is 1. The molecule has 0 saturated carbocycles. The molecule has 1 aromatic rings. The van der Waals surface area contributed by atoms with E-state index in [9.17, 15) is 9.59 Å². The molecule has 0 heterocycles. The van der Waals surface area contributed by atoms with Gasteiger partial charge in [-0.25, -0.2) is 0 Å². The predicted molar refractivity (Wildman–Crippen MR) is 69.3 cm³/mol. The van der Waals surface area contributed by atoms with E-state index >= 15 is 0 Å². The van der Waals surface area contributed by atoms with E-state index in [-0.39, 0.29) is 6.54 Å². The van der Waals surface area contributed by atoms with Gasteiger partial charge >= 0.3 is 5.97 Å². The lowest BCUT2D eigenvalue weighted by molar-refractivity contribution is -0.135. The number of amides is 1. The number of hydrogen-bond donors (Lipinski definition) is 3. The zero-order valence-corrected chi connectivity index (χ0v) is 9.98. The SMILES string of the molecule is O=C(O)CNC(=O)c1ccccc1C=CCS. The Hall–Kier alpha value is -1.75. The van der Waals surface area contributed by atoms with Gasteiger partial charge in [0.2, 0.25) is 0 Å². The summed E-state index contributed by atoms with van der Waals surface area (Å²) in [6.45, 7) is -0.385. The molecule has 1 amide bonds. The van der Waals surface area contributed by atoms with Crippen molar-refractivity contribution in [2.45, 2.75) is 0 Å². The van der Waals surface area contributed by atoms with Crippen LogP contribution in [0.2, 0.25) is 0 Å². The van der Waals surface area contributed by atoms with Gasteiger partial charge in [-0.05, 0) is 11.6 Å². The van der Waals surface area contributed by atoms with Gasteiger partial charge in [0.25, 0.3) is 5.91 Å². The molecular weight excluding hydrogens is 238 g/mol. The van der Waals surface area contributed by atoms with Gasteiger partial charge in [-0.1, -0.05) is 30.4 Å². The molecular formula is C12H13NO3S. The van der Waals surface area contributed by atoms with E-state index in [1.165, 1.54) is 0 Å². The molecule has 1 rings (SSSR count). The second kappa shape index (κ2) is 6.75. The fraction of sp³-hybridized carbons (Fsp3) is 0.167. The molecule has 0 unspecified atom stereocenters. The summed E-state index contributed by atoms with van der Waals surface area (Å²) in [6.07, 6.45) is 3.59. The number of carboxylic acid groups (broad SMARTS) is 1. The van der Waals surface area contributed by atoms with Crippen LogP contribution in [0.15, 0.2) is 30.3 Å². The molecule has 0 atom stereocenters. The first-order valence-electron chi connectivity index (χ1n) is 5.01. The third-order valence-electron chi connectivity index (χ3n) is 2.01. The van der Waals surface area contributed by atoms with Gasteiger partial charge in [0.15, 0.2) is 0 Å². The summed E-state index contributed by atoms with van der Waals surface area (Å²) in [4.78, 5) is 22.1. The van der Waals surface area contributed by atoms with Crippen LogP contribution in [0.1, 0.15) is 15.9 Å². The molecule has 0 fully saturated rings. The molecule has 0 bridgehead atoms. The Morgan fingerprint density at radius 2 is 2.06 bits per heavy atom. The predicted octanol–water partition coefficient (Wildman–Crippen LogP) is 1.44. The zero-order valence-electron chi connectivity index (χ0n) is 9.09. The van der Waals surface area contributed by atoms with E-state index in [4.69, 9.17) is 5.11 Å². The third kappa shape index (κ3) is 4.32. The molecule has 0 spiro atoms. The first-order valence-corrected chi connectivity index (χ1v) is 5.65. The van der Waals surface area contributed by atoms with Crippen molar-refractivity contribution in [2.24, 2.45) is 0 Å². The third-order valence-corrected chi connectivity index (χ3v) is 2.22. The molecule has 5 heteroatoms. The van der Waals surface area contributed by atoms with Crippen molar-refractivity contribution < 1.29 is 14.7 Å². The van der Waals surface area contributed by atoms with Crippen LogP contribution in [0, 0.1) is 0 Å². The van der Waals surface area contributed by atoms with Gasteiger partial charge in [-0.15, -0.1) is 0 Å². The number of aliphatic carboxylic acids is 1. The second-order valence-electron chi connectivity index (χ2n) is 3.25. The van der Waals surface area contributed by atoms with E-state index in [0.717, 1.165) is 5.56 Å². The minimum absolute atomic E-state index is 0.385. The molecule has 0 saturated heterocycles. The Balaban J connectivity index is 2.85. The molecule has 90 valence electrons. The van der Waals surface area contributed by atoms with Crippen molar-refractivity contribution in [3.05, 3.63) is 41.5 Å². The maximum absolute atomic E-state index is 11.7. The first-order chi connectivity index (χ1) is 8.15. The quantitative estimate of drug-likeness (QED) is 0.694. The van der Waals surface area contributed by atoms with Gasteiger partial charge in [0.1, 0.15) is 6.54 Å². The minimum Gasteiger partial charge on any atom is -0.480 e. The molecule has 0 aliphatic carbocycles. The molecule has 0 aliphatic heterocycles. The number of hydrogen-bond acceptors (Lipinski definition) is 3. The monoisotopic (exact) mass is 251 g/mol. The van der Waals surface area contributed by atoms with Crippen LogP contribution < -0.4 is 5.32 Å². The standard InChI is InChI=1S/C12H13NO3S/c14-11(15)8-13-12(16)10-6-2-1-4-9(10)5-3-7-17/h1-6,17H,7-8H2,(H,13,16)(H,14,15). The summed E-state index contributed by atoms with van der Waals surface area (Å²) < 4.78 is 0. The van der Waals surface area contributed by atoms with Crippen LogP contribution in [0.5, 0.6) is 0 Å². The first kappa shape index (κ1) is 13.3. The number of carboxylic acids is 1. The van der Waals surface area contributed by atoms with E-state index in [0.29, 0.717) is 11.3 Å². The van der Waals surface area contributed by atoms with Crippen LogP contribution in [0.4, 0.5) is 0 Å². The van der Waals surface area contributed by atoms with Crippen LogP contribution in [-0.2, 0) is 4.79 Å². The van der Waals surface area contributed by atoms with Gasteiger partial charge in [0, 0.05) is 11.3 Å². The van der Waals surface area contributed by atoms with Crippen molar-refractivity contribution >= 4 is 30.6 Å². The lowest BCUT2D eigenvalue weighted by Gasteiger charge is -2.05. The van der Waals surface area contributed by atoms with Crippen molar-refractivity contribution in [2.75, 3.05) is 12.3 Å².